The molecule has 2 rings (SSSR count). The van der Waals surface area contributed by atoms with Gasteiger partial charge in [0.1, 0.15) is 11.6 Å². The van der Waals surface area contributed by atoms with E-state index in [0.717, 1.165) is 6.07 Å². The molecular formula is C15H10F4O2. The van der Waals surface area contributed by atoms with Crippen molar-refractivity contribution in [3.63, 3.8) is 0 Å². The number of hydrogen-bond acceptors (Lipinski definition) is 2. The van der Waals surface area contributed by atoms with Gasteiger partial charge in [-0.05, 0) is 24.3 Å². The average molecular weight is 298 g/mol. The number of ketones is 1. The Morgan fingerprint density at radius 1 is 1.10 bits per heavy atom. The van der Waals surface area contributed by atoms with Gasteiger partial charge in [0, 0.05) is 5.56 Å². The van der Waals surface area contributed by atoms with Gasteiger partial charge in [-0.2, -0.15) is 13.2 Å². The number of para-hydroxylation sites is 1. The van der Waals surface area contributed by atoms with Gasteiger partial charge in [-0.1, -0.05) is 18.2 Å². The minimum atomic E-state index is -4.80. The molecule has 0 heterocycles. The Bertz CT molecular complexity index is 678. The fraction of sp³-hybridized carbons (Fsp3) is 0.133. The van der Waals surface area contributed by atoms with Gasteiger partial charge in [-0.3, -0.25) is 4.79 Å². The highest BCUT2D eigenvalue weighted by molar-refractivity contribution is 6.10. The number of benzene rings is 2. The number of alkyl halides is 3. The summed E-state index contributed by atoms with van der Waals surface area (Å²) < 4.78 is 55.9. The second-order valence-corrected chi connectivity index (χ2v) is 4.22. The summed E-state index contributed by atoms with van der Waals surface area (Å²) in [6, 6.07) is 8.29. The van der Waals surface area contributed by atoms with Crippen molar-refractivity contribution in [3.05, 3.63) is 65.0 Å². The summed E-state index contributed by atoms with van der Waals surface area (Å²) in [4.78, 5) is 12.2. The second kappa shape index (κ2) is 5.55. The van der Waals surface area contributed by atoms with Crippen molar-refractivity contribution in [3.8, 4) is 5.75 Å². The minimum Gasteiger partial charge on any atom is -0.496 e. The van der Waals surface area contributed by atoms with Crippen molar-refractivity contribution in [1.82, 2.24) is 0 Å². The molecule has 6 heteroatoms. The smallest absolute Gasteiger partial charge is 0.419 e. The zero-order chi connectivity index (χ0) is 15.6. The molecule has 0 saturated heterocycles. The van der Waals surface area contributed by atoms with Crippen LogP contribution in [0.5, 0.6) is 5.75 Å². The molecule has 0 bridgehead atoms. The molecule has 0 aliphatic heterocycles. The first-order valence-electron chi connectivity index (χ1n) is 5.89. The van der Waals surface area contributed by atoms with Crippen LogP contribution in [0.15, 0.2) is 42.5 Å². The Kier molecular flexibility index (Phi) is 3.97. The Morgan fingerprint density at radius 3 is 2.33 bits per heavy atom. The highest BCUT2D eigenvalue weighted by atomic mass is 19.4. The molecule has 0 saturated carbocycles. The molecule has 21 heavy (non-hydrogen) atoms. The van der Waals surface area contributed by atoms with E-state index in [9.17, 15) is 22.4 Å². The first kappa shape index (κ1) is 15.0. The summed E-state index contributed by atoms with van der Waals surface area (Å²) in [5.41, 5.74) is -1.43. The van der Waals surface area contributed by atoms with E-state index in [-0.39, 0.29) is 16.9 Å². The van der Waals surface area contributed by atoms with Crippen LogP contribution in [0.25, 0.3) is 0 Å². The van der Waals surface area contributed by atoms with Crippen LogP contribution in [0.2, 0.25) is 0 Å². The molecule has 0 aromatic heterocycles. The molecule has 0 radical (unpaired) electrons. The lowest BCUT2D eigenvalue weighted by Crippen LogP contribution is -2.10. The predicted octanol–water partition coefficient (Wildman–Crippen LogP) is 4.08. The summed E-state index contributed by atoms with van der Waals surface area (Å²) in [6.07, 6.45) is -4.80. The molecule has 2 nitrogen and oxygen atoms in total. The summed E-state index contributed by atoms with van der Waals surface area (Å²) in [6.45, 7) is 0. The van der Waals surface area contributed by atoms with Crippen LogP contribution < -0.4 is 4.74 Å². The first-order valence-corrected chi connectivity index (χ1v) is 5.89. The van der Waals surface area contributed by atoms with Crippen LogP contribution in [-0.2, 0) is 6.18 Å². The molecule has 0 spiro atoms. The van der Waals surface area contributed by atoms with Gasteiger partial charge in [-0.15, -0.1) is 0 Å². The summed E-state index contributed by atoms with van der Waals surface area (Å²) >= 11 is 0. The topological polar surface area (TPSA) is 26.3 Å². The Hall–Kier alpha value is -2.37. The van der Waals surface area contributed by atoms with E-state index in [1.54, 1.807) is 12.1 Å². The van der Waals surface area contributed by atoms with Gasteiger partial charge >= 0.3 is 6.18 Å². The van der Waals surface area contributed by atoms with Crippen LogP contribution in [0, 0.1) is 5.82 Å². The molecule has 0 amide bonds. The molecule has 0 unspecified atom stereocenters. The highest BCUT2D eigenvalue weighted by Gasteiger charge is 2.34. The number of carbonyl (C=O) groups excluding carboxylic acids is 1. The van der Waals surface area contributed by atoms with Crippen LogP contribution in [0.4, 0.5) is 17.6 Å². The van der Waals surface area contributed by atoms with Gasteiger partial charge in [-0.25, -0.2) is 4.39 Å². The van der Waals surface area contributed by atoms with E-state index in [1.807, 2.05) is 0 Å². The number of rotatable bonds is 3. The molecule has 0 aliphatic rings. The van der Waals surface area contributed by atoms with Gasteiger partial charge in [0.05, 0.1) is 18.2 Å². The Balaban J connectivity index is 2.43. The zero-order valence-corrected chi connectivity index (χ0v) is 10.9. The first-order chi connectivity index (χ1) is 9.84. The van der Waals surface area contributed by atoms with E-state index in [0.29, 0.717) is 12.1 Å². The normalized spacial score (nSPS) is 11.3. The lowest BCUT2D eigenvalue weighted by Gasteiger charge is -2.10. The summed E-state index contributed by atoms with van der Waals surface area (Å²) in [5.74, 6) is -1.83. The van der Waals surface area contributed by atoms with E-state index >= 15 is 0 Å². The van der Waals surface area contributed by atoms with Crippen molar-refractivity contribution in [2.45, 2.75) is 6.18 Å². The van der Waals surface area contributed by atoms with Crippen LogP contribution >= 0.6 is 0 Å². The van der Waals surface area contributed by atoms with E-state index < -0.39 is 23.3 Å². The lowest BCUT2D eigenvalue weighted by atomic mass is 10.0. The van der Waals surface area contributed by atoms with Crippen LogP contribution in [0.3, 0.4) is 0 Å². The van der Waals surface area contributed by atoms with E-state index in [4.69, 9.17) is 4.74 Å². The van der Waals surface area contributed by atoms with Gasteiger partial charge in [0.15, 0.2) is 5.78 Å². The Morgan fingerprint density at radius 2 is 1.76 bits per heavy atom. The highest BCUT2D eigenvalue weighted by Crippen LogP contribution is 2.32. The third kappa shape index (κ3) is 3.04. The number of hydrogen-bond donors (Lipinski definition) is 0. The molecule has 0 fully saturated rings. The molecule has 0 atom stereocenters. The quantitative estimate of drug-likeness (QED) is 0.630. The Labute approximate surface area is 118 Å². The molecule has 2 aromatic carbocycles. The van der Waals surface area contributed by atoms with E-state index in [2.05, 4.69) is 0 Å². The molecule has 110 valence electrons. The van der Waals surface area contributed by atoms with Gasteiger partial charge in [0.2, 0.25) is 0 Å². The lowest BCUT2D eigenvalue weighted by molar-refractivity contribution is -0.140. The van der Waals surface area contributed by atoms with Crippen molar-refractivity contribution >= 4 is 5.78 Å². The SMILES string of the molecule is COc1ccccc1C(=O)c1ccc(C(F)(F)F)c(F)c1. The fourth-order valence-corrected chi connectivity index (χ4v) is 1.87. The molecule has 0 aliphatic carbocycles. The molecular weight excluding hydrogens is 288 g/mol. The fourth-order valence-electron chi connectivity index (χ4n) is 1.87. The predicted molar refractivity (Wildman–Crippen MR) is 67.8 cm³/mol. The van der Waals surface area contributed by atoms with E-state index in [1.165, 1.54) is 19.2 Å². The summed E-state index contributed by atoms with van der Waals surface area (Å²) in [7, 11) is 1.36. The van der Waals surface area contributed by atoms with Crippen molar-refractivity contribution < 1.29 is 27.1 Å². The number of methoxy groups -OCH3 is 1. The van der Waals surface area contributed by atoms with Gasteiger partial charge in [0.25, 0.3) is 0 Å². The second-order valence-electron chi connectivity index (χ2n) is 4.22. The molecule has 0 N–H and O–H groups in total. The number of carbonyl (C=O) groups is 1. The van der Waals surface area contributed by atoms with Crippen molar-refractivity contribution in [1.29, 1.82) is 0 Å². The largest absolute Gasteiger partial charge is 0.496 e. The standard InChI is InChI=1S/C15H10F4O2/c1-21-13-5-3-2-4-10(13)14(20)9-6-7-11(12(16)8-9)15(17,18)19/h2-8H,1H3. The van der Waals surface area contributed by atoms with Crippen molar-refractivity contribution in [2.75, 3.05) is 7.11 Å². The van der Waals surface area contributed by atoms with Crippen molar-refractivity contribution in [2.24, 2.45) is 0 Å². The maximum atomic E-state index is 13.5. The summed E-state index contributed by atoms with van der Waals surface area (Å²) in [5, 5.41) is 0. The number of ether oxygens (including phenoxy) is 1. The van der Waals surface area contributed by atoms with Gasteiger partial charge < -0.3 is 4.74 Å². The average Bonchev–Trinajstić information content (AvgIpc) is 2.45. The monoisotopic (exact) mass is 298 g/mol. The molecule has 2 aromatic rings. The van der Waals surface area contributed by atoms with Crippen LogP contribution in [0.1, 0.15) is 21.5 Å². The third-order valence-corrected chi connectivity index (χ3v) is 2.89. The maximum absolute atomic E-state index is 13.5. The minimum absolute atomic E-state index is 0.152. The third-order valence-electron chi connectivity index (χ3n) is 2.89. The number of halogens is 4. The zero-order valence-electron chi connectivity index (χ0n) is 10.9. The maximum Gasteiger partial charge on any atom is 0.419 e. The van der Waals surface area contributed by atoms with Crippen LogP contribution in [-0.4, -0.2) is 12.9 Å².